The highest BCUT2D eigenvalue weighted by Gasteiger charge is 2.29. The van der Waals surface area contributed by atoms with Gasteiger partial charge in [-0.2, -0.15) is 0 Å². The molecule has 3 heterocycles. The zero-order valence-corrected chi connectivity index (χ0v) is 18.6. The van der Waals surface area contributed by atoms with E-state index in [2.05, 4.69) is 51.3 Å². The molecule has 146 valence electrons. The maximum absolute atomic E-state index is 12.6. The number of pyridine rings is 1. The zero-order valence-electron chi connectivity index (χ0n) is 16.5. The summed E-state index contributed by atoms with van der Waals surface area (Å²) in [6.45, 7) is 8.58. The molecule has 0 aromatic carbocycles. The number of aryl methyl sites for hydroxylation is 1. The van der Waals surface area contributed by atoms with Crippen molar-refractivity contribution < 1.29 is 9.53 Å². The molecule has 1 aromatic rings. The third-order valence-corrected chi connectivity index (χ3v) is 5.90. The third kappa shape index (κ3) is 4.23. The average Bonchev–Trinajstić information content (AvgIpc) is 2.58. The van der Waals surface area contributed by atoms with Gasteiger partial charge in [0.2, 0.25) is 0 Å². The number of hydrogen-bond donors (Lipinski definition) is 0. The van der Waals surface area contributed by atoms with Gasteiger partial charge in [0.05, 0.1) is 35.5 Å². The minimum atomic E-state index is -0.542. The van der Waals surface area contributed by atoms with E-state index < -0.39 is 5.60 Å². The summed E-state index contributed by atoms with van der Waals surface area (Å²) in [6.07, 6.45) is 8.38. The number of hydrogen-bond acceptors (Lipinski definition) is 4. The molecule has 6 nitrogen and oxygen atoms in total. The van der Waals surface area contributed by atoms with Crippen molar-refractivity contribution in [1.29, 1.82) is 0 Å². The van der Waals surface area contributed by atoms with Crippen LogP contribution in [0.1, 0.15) is 44.4 Å². The first-order valence-corrected chi connectivity index (χ1v) is 10.1. The second-order valence-corrected chi connectivity index (χ2v) is 9.21. The van der Waals surface area contributed by atoms with Gasteiger partial charge in [0.15, 0.2) is 0 Å². The number of nitrogens with zero attached hydrogens (tertiary/aromatic N) is 3. The summed E-state index contributed by atoms with van der Waals surface area (Å²) in [4.78, 5) is 26.9. The predicted octanol–water partition coefficient (Wildman–Crippen LogP) is 3.63. The Bertz CT molecular complexity index is 880. The van der Waals surface area contributed by atoms with Crippen LogP contribution in [0.15, 0.2) is 29.3 Å². The van der Waals surface area contributed by atoms with Crippen LogP contribution in [-0.4, -0.2) is 36.9 Å². The number of aromatic nitrogens is 1. The first-order valence-electron chi connectivity index (χ1n) is 9.10. The van der Waals surface area contributed by atoms with E-state index in [9.17, 15) is 9.59 Å². The molecule has 27 heavy (non-hydrogen) atoms. The summed E-state index contributed by atoms with van der Waals surface area (Å²) in [5.41, 5.74) is 3.22. The Labute approximate surface area is 174 Å². The van der Waals surface area contributed by atoms with Gasteiger partial charge in [-0.15, -0.1) is 0 Å². The van der Waals surface area contributed by atoms with Crippen molar-refractivity contribution in [1.82, 2.24) is 12.6 Å². The molecule has 0 saturated heterocycles. The summed E-state index contributed by atoms with van der Waals surface area (Å²) in [5.74, 6) is 0. The standard InChI is InChI=1S/C20H26IN3O3/c1-13-6-7-14(10-24(13)21)16-11-22(5)18(25)15-8-9-23(12-17(15)16)19(26)27-20(2,3)4/h6-7,10-11,13H,8-9,12H2,1-5H3. The second kappa shape index (κ2) is 7.33. The monoisotopic (exact) mass is 483 g/mol. The number of fused-ring (bicyclic) bond motifs is 1. The van der Waals surface area contributed by atoms with Gasteiger partial charge in [-0.05, 0) is 45.3 Å². The number of ether oxygens (including phenoxy) is 1. The van der Waals surface area contributed by atoms with Crippen LogP contribution in [0.4, 0.5) is 4.79 Å². The molecule has 7 heteroatoms. The molecule has 0 saturated carbocycles. The summed E-state index contributed by atoms with van der Waals surface area (Å²) < 4.78 is 9.28. The van der Waals surface area contributed by atoms with Crippen molar-refractivity contribution in [3.05, 3.63) is 51.6 Å². The molecule has 0 radical (unpaired) electrons. The quantitative estimate of drug-likeness (QED) is 0.453. The van der Waals surface area contributed by atoms with E-state index in [0.29, 0.717) is 25.6 Å². The van der Waals surface area contributed by atoms with Crippen LogP contribution in [0.25, 0.3) is 5.57 Å². The average molecular weight is 483 g/mol. The van der Waals surface area contributed by atoms with E-state index >= 15 is 0 Å². The van der Waals surface area contributed by atoms with Crippen LogP contribution in [0.5, 0.6) is 0 Å². The van der Waals surface area contributed by atoms with Gasteiger partial charge in [-0.1, -0.05) is 12.2 Å². The van der Waals surface area contributed by atoms with Crippen LogP contribution in [0.3, 0.4) is 0 Å². The molecular weight excluding hydrogens is 457 g/mol. The van der Waals surface area contributed by atoms with Crippen LogP contribution >= 0.6 is 22.9 Å². The highest BCUT2D eigenvalue weighted by molar-refractivity contribution is 14.1. The largest absolute Gasteiger partial charge is 0.444 e. The SMILES string of the molecule is CC1C=CC(c2cn(C)c(=O)c3c2CN(C(=O)OC(C)(C)C)CC3)=CN1I. The van der Waals surface area contributed by atoms with Crippen molar-refractivity contribution in [2.24, 2.45) is 7.05 Å². The van der Waals surface area contributed by atoms with Crippen molar-refractivity contribution in [3.8, 4) is 0 Å². The van der Waals surface area contributed by atoms with Gasteiger partial charge in [0.25, 0.3) is 5.56 Å². The minimum absolute atomic E-state index is 0.0117. The van der Waals surface area contributed by atoms with Crippen LogP contribution < -0.4 is 5.56 Å². The van der Waals surface area contributed by atoms with Crippen LogP contribution in [0, 0.1) is 0 Å². The molecule has 1 amide bonds. The topological polar surface area (TPSA) is 54.8 Å². The Morgan fingerprint density at radius 3 is 2.63 bits per heavy atom. The molecule has 2 aliphatic rings. The van der Waals surface area contributed by atoms with Crippen molar-refractivity contribution in [2.45, 2.75) is 52.3 Å². The molecule has 0 aliphatic carbocycles. The smallest absolute Gasteiger partial charge is 0.410 e. The van der Waals surface area contributed by atoms with Crippen LogP contribution in [-0.2, 0) is 24.8 Å². The second-order valence-electron chi connectivity index (χ2n) is 8.10. The highest BCUT2D eigenvalue weighted by Crippen LogP contribution is 2.30. The summed E-state index contributed by atoms with van der Waals surface area (Å²) >= 11 is 2.28. The normalized spacial score (nSPS) is 19.6. The molecule has 0 N–H and O–H groups in total. The number of rotatable bonds is 1. The molecule has 1 atom stereocenters. The predicted molar refractivity (Wildman–Crippen MR) is 114 cm³/mol. The van der Waals surface area contributed by atoms with E-state index in [1.807, 2.05) is 27.0 Å². The van der Waals surface area contributed by atoms with Gasteiger partial charge >= 0.3 is 6.09 Å². The number of allylic oxidation sites excluding steroid dienone is 2. The van der Waals surface area contributed by atoms with Gasteiger partial charge in [0, 0.05) is 37.1 Å². The molecule has 0 fully saturated rings. The number of halogens is 1. The minimum Gasteiger partial charge on any atom is -0.444 e. The summed E-state index contributed by atoms with van der Waals surface area (Å²) in [7, 11) is 1.78. The first-order chi connectivity index (χ1) is 12.6. The lowest BCUT2D eigenvalue weighted by molar-refractivity contribution is 0.0223. The lowest BCUT2D eigenvalue weighted by Crippen LogP contribution is -2.42. The summed E-state index contributed by atoms with van der Waals surface area (Å²) in [6, 6.07) is 0.316. The van der Waals surface area contributed by atoms with Gasteiger partial charge in [-0.25, -0.2) is 4.79 Å². The molecule has 0 bridgehead atoms. The Kier molecular flexibility index (Phi) is 5.42. The van der Waals surface area contributed by atoms with E-state index in [1.165, 1.54) is 0 Å². The van der Waals surface area contributed by atoms with Crippen molar-refractivity contribution in [2.75, 3.05) is 6.54 Å². The van der Waals surface area contributed by atoms with E-state index in [0.717, 1.165) is 22.3 Å². The maximum Gasteiger partial charge on any atom is 0.410 e. The molecule has 1 aromatic heterocycles. The summed E-state index contributed by atoms with van der Waals surface area (Å²) in [5, 5.41) is 0. The molecule has 3 rings (SSSR count). The fourth-order valence-corrected chi connectivity index (χ4v) is 3.78. The number of carbonyl (C=O) groups is 1. The van der Waals surface area contributed by atoms with E-state index in [4.69, 9.17) is 4.74 Å². The fourth-order valence-electron chi connectivity index (χ4n) is 3.30. The molecule has 2 aliphatic heterocycles. The van der Waals surface area contributed by atoms with Crippen molar-refractivity contribution >= 4 is 34.5 Å². The van der Waals surface area contributed by atoms with Crippen LogP contribution in [0.2, 0.25) is 0 Å². The molecular formula is C20H26IN3O3. The lowest BCUT2D eigenvalue weighted by atomic mass is 9.92. The number of carbonyl (C=O) groups excluding carboxylic acids is 1. The molecule has 0 spiro atoms. The Morgan fingerprint density at radius 1 is 1.30 bits per heavy atom. The van der Waals surface area contributed by atoms with Gasteiger partial charge in [-0.3, -0.25) is 4.79 Å². The van der Waals surface area contributed by atoms with E-state index in [-0.39, 0.29) is 11.7 Å². The highest BCUT2D eigenvalue weighted by atomic mass is 127. The lowest BCUT2D eigenvalue weighted by Gasteiger charge is -2.33. The maximum atomic E-state index is 12.6. The zero-order chi connectivity index (χ0) is 19.9. The van der Waals surface area contributed by atoms with E-state index in [1.54, 1.807) is 16.5 Å². The fraction of sp³-hybridized carbons (Fsp3) is 0.500. The Morgan fingerprint density at radius 2 is 2.00 bits per heavy atom. The Balaban J connectivity index is 2.00. The van der Waals surface area contributed by atoms with Gasteiger partial charge < -0.3 is 17.3 Å². The Hall–Kier alpha value is -1.77. The van der Waals surface area contributed by atoms with Crippen molar-refractivity contribution in [3.63, 3.8) is 0 Å². The molecule has 1 unspecified atom stereocenters. The third-order valence-electron chi connectivity index (χ3n) is 4.74. The number of amides is 1. The first kappa shape index (κ1) is 20.0. The van der Waals surface area contributed by atoms with Gasteiger partial charge in [0.1, 0.15) is 5.60 Å².